The number of amides is 2. The van der Waals surface area contributed by atoms with Crippen LogP contribution in [0.5, 0.6) is 0 Å². The fourth-order valence-electron chi connectivity index (χ4n) is 4.37. The zero-order valence-corrected chi connectivity index (χ0v) is 14.4. The minimum absolute atomic E-state index is 0.00508. The van der Waals surface area contributed by atoms with E-state index in [1.807, 2.05) is 0 Å². The molecule has 1 saturated carbocycles. The van der Waals surface area contributed by atoms with Crippen LogP contribution >= 0.6 is 12.6 Å². The van der Waals surface area contributed by atoms with Gasteiger partial charge in [-0.2, -0.15) is 21.9 Å². The number of nitrogens with zero attached hydrogens (tertiary/aromatic N) is 1. The predicted octanol–water partition coefficient (Wildman–Crippen LogP) is 2.68. The number of hydrogen-bond donors (Lipinski definition) is 3. The lowest BCUT2D eigenvalue weighted by Crippen LogP contribution is -2.62. The van der Waals surface area contributed by atoms with Crippen LogP contribution in [0.1, 0.15) is 52.4 Å². The summed E-state index contributed by atoms with van der Waals surface area (Å²) < 4.78 is -0.644. The molecule has 2 rings (SSSR count). The third kappa shape index (κ3) is 2.81. The van der Waals surface area contributed by atoms with Gasteiger partial charge in [-0.15, -0.1) is 0 Å². The highest BCUT2D eigenvalue weighted by molar-refractivity contribution is 7.80. The van der Waals surface area contributed by atoms with Gasteiger partial charge in [0, 0.05) is 12.2 Å². The minimum atomic E-state index is -1.14. The first-order valence-electron chi connectivity index (χ1n) is 8.27. The maximum atomic E-state index is 12.8. The molecule has 1 heterocycles. The lowest BCUT2D eigenvalue weighted by molar-refractivity contribution is -0.797. The number of rotatable bonds is 3. The van der Waals surface area contributed by atoms with E-state index in [1.165, 1.54) is 6.42 Å². The fourth-order valence-corrected chi connectivity index (χ4v) is 4.53. The lowest BCUT2D eigenvalue weighted by atomic mass is 9.76. The van der Waals surface area contributed by atoms with Gasteiger partial charge in [0.05, 0.1) is 5.92 Å². The first-order chi connectivity index (χ1) is 10.3. The maximum absolute atomic E-state index is 12.8. The number of imide groups is 1. The number of thiol groups is 1. The summed E-state index contributed by atoms with van der Waals surface area (Å²) in [5.74, 6) is -0.333. The van der Waals surface area contributed by atoms with E-state index in [4.69, 9.17) is 0 Å². The molecule has 1 saturated heterocycles. The first-order valence-corrected chi connectivity index (χ1v) is 8.90. The molecular weight excluding hydrogens is 302 g/mol. The molecule has 2 fully saturated rings. The number of hydrogen-bond acceptors (Lipinski definition) is 4. The van der Waals surface area contributed by atoms with E-state index in [0.717, 1.165) is 25.7 Å². The van der Waals surface area contributed by atoms with E-state index in [-0.39, 0.29) is 18.4 Å². The molecule has 0 aromatic carbocycles. The van der Waals surface area contributed by atoms with Crippen molar-refractivity contribution in [3.8, 4) is 0 Å². The Kier molecular flexibility index (Phi) is 5.24. The molecule has 1 aliphatic heterocycles. The van der Waals surface area contributed by atoms with Crippen LogP contribution in [0, 0.1) is 11.8 Å². The summed E-state index contributed by atoms with van der Waals surface area (Å²) in [6.45, 7) is 3.49. The second-order valence-corrected chi connectivity index (χ2v) is 7.59. The van der Waals surface area contributed by atoms with Gasteiger partial charge in [0.2, 0.25) is 0 Å². The van der Waals surface area contributed by atoms with Crippen LogP contribution in [-0.4, -0.2) is 50.6 Å². The smallest absolute Gasteiger partial charge is 0.435 e. The Morgan fingerprint density at radius 1 is 1.32 bits per heavy atom. The number of quaternary nitrogens is 1. The molecule has 0 bridgehead atoms. The molecule has 3 unspecified atom stereocenters. The third-order valence-corrected chi connectivity index (χ3v) is 6.27. The van der Waals surface area contributed by atoms with Gasteiger partial charge >= 0.3 is 12.0 Å². The summed E-state index contributed by atoms with van der Waals surface area (Å²) in [4.78, 5) is 24.7. The van der Waals surface area contributed by atoms with Gasteiger partial charge in [-0.25, -0.2) is 4.79 Å². The Morgan fingerprint density at radius 3 is 2.41 bits per heavy atom. The Bertz CT molecular complexity index is 451. The second-order valence-electron chi connectivity index (χ2n) is 7.22. The van der Waals surface area contributed by atoms with Crippen LogP contribution < -0.4 is 0 Å². The van der Waals surface area contributed by atoms with E-state index in [9.17, 15) is 19.8 Å². The van der Waals surface area contributed by atoms with Gasteiger partial charge in [0.1, 0.15) is 18.2 Å². The number of likely N-dealkylation sites (tertiary alicyclic amines) is 1. The van der Waals surface area contributed by atoms with Crippen molar-refractivity contribution in [1.29, 1.82) is 0 Å². The van der Waals surface area contributed by atoms with Crippen molar-refractivity contribution in [1.82, 2.24) is 0 Å². The highest BCUT2D eigenvalue weighted by Crippen LogP contribution is 2.44. The molecule has 0 radical (unpaired) electrons. The quantitative estimate of drug-likeness (QED) is 0.549. The van der Waals surface area contributed by atoms with Gasteiger partial charge < -0.3 is 10.2 Å². The molecule has 6 heteroatoms. The fraction of sp³-hybridized carbons (Fsp3) is 0.875. The lowest BCUT2D eigenvalue weighted by Gasteiger charge is -2.36. The van der Waals surface area contributed by atoms with Crippen LogP contribution in [0.4, 0.5) is 4.79 Å². The van der Waals surface area contributed by atoms with Crippen molar-refractivity contribution in [2.75, 3.05) is 12.3 Å². The summed E-state index contributed by atoms with van der Waals surface area (Å²) in [7, 11) is 0. The van der Waals surface area contributed by atoms with E-state index >= 15 is 0 Å². The Balaban J connectivity index is 2.32. The summed E-state index contributed by atoms with van der Waals surface area (Å²) >= 11 is 4.14. The topological polar surface area (TPSA) is 74.6 Å². The summed E-state index contributed by atoms with van der Waals surface area (Å²) in [6, 6.07) is -0.403. The van der Waals surface area contributed by atoms with Crippen molar-refractivity contribution < 1.29 is 24.3 Å². The Labute approximate surface area is 137 Å². The van der Waals surface area contributed by atoms with Gasteiger partial charge in [0.15, 0.2) is 0 Å². The van der Waals surface area contributed by atoms with Gasteiger partial charge in [-0.3, -0.25) is 0 Å². The largest absolute Gasteiger partial charge is 0.521 e. The monoisotopic (exact) mass is 330 g/mol. The van der Waals surface area contributed by atoms with Crippen LogP contribution in [0.25, 0.3) is 0 Å². The first kappa shape index (κ1) is 17.8. The number of aliphatic hydroxyl groups is 1. The molecule has 126 valence electrons. The average molecular weight is 330 g/mol. The van der Waals surface area contributed by atoms with E-state index < -0.39 is 28.1 Å². The molecule has 2 amide bonds. The van der Waals surface area contributed by atoms with E-state index in [2.05, 4.69) is 12.6 Å². The SMILES string of the molecule is CC(CS)C(=O)[N@+]1(C(=O)O)CC(O)(C2CCCCC2)CC1C. The van der Waals surface area contributed by atoms with Crippen LogP contribution in [0.2, 0.25) is 0 Å². The molecule has 4 atom stereocenters. The second kappa shape index (κ2) is 6.49. The molecule has 0 aromatic rings. The molecule has 22 heavy (non-hydrogen) atoms. The average Bonchev–Trinajstić information content (AvgIpc) is 2.80. The molecule has 5 nitrogen and oxygen atoms in total. The summed E-state index contributed by atoms with van der Waals surface area (Å²) in [6.07, 6.45) is 4.44. The van der Waals surface area contributed by atoms with Crippen LogP contribution in [0.3, 0.4) is 0 Å². The van der Waals surface area contributed by atoms with Crippen LogP contribution in [-0.2, 0) is 4.79 Å². The highest BCUT2D eigenvalue weighted by atomic mass is 32.1. The number of carboxylic acid groups (broad SMARTS) is 1. The Hall–Kier alpha value is -0.590. The van der Waals surface area contributed by atoms with Crippen molar-refractivity contribution in [3.63, 3.8) is 0 Å². The summed E-state index contributed by atoms with van der Waals surface area (Å²) in [5, 5.41) is 20.9. The van der Waals surface area contributed by atoms with E-state index in [1.54, 1.807) is 13.8 Å². The standard InChI is InChI=1S/C16H27NO4S/c1-11(9-22)14(18)17(15(19)20)10-16(21,8-12(17)2)13-6-4-3-5-7-13/h11-13,21H,3-10H2,1-2H3,(H-,19,20,22)/p+1/t11?,12?,16?,17-/m0/s1. The van der Waals surface area contributed by atoms with Crippen LogP contribution in [0.15, 0.2) is 0 Å². The number of carbonyl (C=O) groups is 2. The van der Waals surface area contributed by atoms with E-state index in [0.29, 0.717) is 12.2 Å². The zero-order valence-electron chi connectivity index (χ0n) is 13.5. The Morgan fingerprint density at radius 2 is 1.91 bits per heavy atom. The zero-order chi connectivity index (χ0) is 16.5. The normalized spacial score (nSPS) is 37.9. The van der Waals surface area contributed by atoms with Gasteiger partial charge in [-0.1, -0.05) is 19.3 Å². The summed E-state index contributed by atoms with van der Waals surface area (Å²) in [5.41, 5.74) is -1.04. The van der Waals surface area contributed by atoms with Crippen molar-refractivity contribution in [2.45, 2.75) is 64.0 Å². The third-order valence-electron chi connectivity index (χ3n) is 5.72. The van der Waals surface area contributed by atoms with Gasteiger partial charge in [0.25, 0.3) is 0 Å². The maximum Gasteiger partial charge on any atom is 0.521 e. The molecule has 2 aliphatic rings. The minimum Gasteiger partial charge on any atom is -0.435 e. The molecular formula is C16H28NO4S+. The molecule has 1 aliphatic carbocycles. The molecule has 2 N–H and O–H groups in total. The highest BCUT2D eigenvalue weighted by Gasteiger charge is 2.64. The predicted molar refractivity (Wildman–Crippen MR) is 86.8 cm³/mol. The van der Waals surface area contributed by atoms with Gasteiger partial charge in [-0.05, 0) is 32.6 Å². The van der Waals surface area contributed by atoms with Crippen molar-refractivity contribution in [3.05, 3.63) is 0 Å². The molecule has 0 aromatic heterocycles. The molecule has 0 spiro atoms. The van der Waals surface area contributed by atoms with Crippen molar-refractivity contribution >= 4 is 24.6 Å². The van der Waals surface area contributed by atoms with Crippen molar-refractivity contribution in [2.24, 2.45) is 11.8 Å². The number of carbonyl (C=O) groups excluding carboxylic acids is 1.